The van der Waals surface area contributed by atoms with E-state index < -0.39 is 0 Å². The van der Waals surface area contributed by atoms with Crippen molar-refractivity contribution in [2.45, 2.75) is 30.8 Å². The average molecular weight is 273 g/mol. The minimum atomic E-state index is 0.248. The summed E-state index contributed by atoms with van der Waals surface area (Å²) < 4.78 is 5.66. The van der Waals surface area contributed by atoms with E-state index in [1.807, 2.05) is 23.9 Å². The van der Waals surface area contributed by atoms with E-state index in [9.17, 15) is 0 Å². The van der Waals surface area contributed by atoms with Crippen LogP contribution in [0.1, 0.15) is 24.5 Å². The molecular formula is C13H17ClO2S. The molecule has 1 N–H and O–H groups in total. The van der Waals surface area contributed by atoms with Gasteiger partial charge in [0.25, 0.3) is 0 Å². The van der Waals surface area contributed by atoms with Gasteiger partial charge in [0.05, 0.1) is 6.61 Å². The van der Waals surface area contributed by atoms with Crippen molar-refractivity contribution in [2.24, 2.45) is 0 Å². The third kappa shape index (κ3) is 3.30. The molecule has 0 saturated heterocycles. The molecule has 0 spiro atoms. The van der Waals surface area contributed by atoms with Gasteiger partial charge in [-0.05, 0) is 24.1 Å². The lowest BCUT2D eigenvalue weighted by Gasteiger charge is -2.12. The van der Waals surface area contributed by atoms with E-state index in [-0.39, 0.29) is 6.61 Å². The summed E-state index contributed by atoms with van der Waals surface area (Å²) >= 11 is 7.93. The van der Waals surface area contributed by atoms with Crippen LogP contribution in [0.2, 0.25) is 5.02 Å². The summed E-state index contributed by atoms with van der Waals surface area (Å²) in [6.45, 7) is 3.14. The SMILES string of the molecule is CC(CCO)SCc1cc(Cl)cc2c1OCC2. The molecule has 94 valence electrons. The van der Waals surface area contributed by atoms with Gasteiger partial charge in [-0.1, -0.05) is 18.5 Å². The van der Waals surface area contributed by atoms with Crippen molar-refractivity contribution in [3.63, 3.8) is 0 Å². The molecule has 0 aliphatic carbocycles. The highest BCUT2D eigenvalue weighted by Crippen LogP contribution is 2.35. The quantitative estimate of drug-likeness (QED) is 0.892. The van der Waals surface area contributed by atoms with E-state index >= 15 is 0 Å². The molecule has 1 unspecified atom stereocenters. The molecule has 1 atom stereocenters. The first-order chi connectivity index (χ1) is 8.20. The van der Waals surface area contributed by atoms with Gasteiger partial charge in [-0.2, -0.15) is 11.8 Å². The monoisotopic (exact) mass is 272 g/mol. The van der Waals surface area contributed by atoms with Crippen LogP contribution in [0.25, 0.3) is 0 Å². The third-order valence-electron chi connectivity index (χ3n) is 2.88. The molecule has 2 rings (SSSR count). The Hall–Kier alpha value is -0.380. The number of aliphatic hydroxyl groups excluding tert-OH is 1. The van der Waals surface area contributed by atoms with Gasteiger partial charge >= 0.3 is 0 Å². The topological polar surface area (TPSA) is 29.5 Å². The number of fused-ring (bicyclic) bond motifs is 1. The van der Waals surface area contributed by atoms with E-state index in [4.69, 9.17) is 21.4 Å². The minimum absolute atomic E-state index is 0.248. The van der Waals surface area contributed by atoms with Crippen LogP contribution in [0.15, 0.2) is 12.1 Å². The van der Waals surface area contributed by atoms with Gasteiger partial charge in [-0.3, -0.25) is 0 Å². The lowest BCUT2D eigenvalue weighted by Crippen LogP contribution is -2.00. The fraction of sp³-hybridized carbons (Fsp3) is 0.538. The number of thioether (sulfide) groups is 1. The molecule has 2 nitrogen and oxygen atoms in total. The van der Waals surface area contributed by atoms with Crippen LogP contribution >= 0.6 is 23.4 Å². The van der Waals surface area contributed by atoms with E-state index in [1.165, 1.54) is 11.1 Å². The number of halogens is 1. The predicted molar refractivity (Wildman–Crippen MR) is 73.1 cm³/mol. The standard InChI is InChI=1S/C13H17ClO2S/c1-9(2-4-15)17-8-11-7-12(14)6-10-3-5-16-13(10)11/h6-7,9,15H,2-5,8H2,1H3. The lowest BCUT2D eigenvalue weighted by molar-refractivity contribution is 0.289. The molecule has 0 fully saturated rings. The molecular weight excluding hydrogens is 256 g/mol. The van der Waals surface area contributed by atoms with Gasteiger partial charge in [0.2, 0.25) is 0 Å². The summed E-state index contributed by atoms with van der Waals surface area (Å²) in [6, 6.07) is 3.99. The summed E-state index contributed by atoms with van der Waals surface area (Å²) in [5.41, 5.74) is 2.41. The number of rotatable bonds is 5. The first-order valence-corrected chi connectivity index (χ1v) is 7.30. The number of benzene rings is 1. The lowest BCUT2D eigenvalue weighted by atomic mass is 10.1. The number of ether oxygens (including phenoxy) is 1. The van der Waals surface area contributed by atoms with Crippen LogP contribution in [0.5, 0.6) is 5.75 Å². The Bertz CT molecular complexity index is 395. The molecule has 1 aromatic carbocycles. The largest absolute Gasteiger partial charge is 0.493 e. The van der Waals surface area contributed by atoms with Crippen molar-refractivity contribution in [3.05, 3.63) is 28.3 Å². The van der Waals surface area contributed by atoms with Crippen molar-refractivity contribution >= 4 is 23.4 Å². The Morgan fingerprint density at radius 3 is 3.12 bits per heavy atom. The Kier molecular flexibility index (Phi) is 4.60. The Labute approximate surface area is 111 Å². The molecule has 1 heterocycles. The minimum Gasteiger partial charge on any atom is -0.493 e. The Morgan fingerprint density at radius 2 is 2.35 bits per heavy atom. The van der Waals surface area contributed by atoms with Gasteiger partial charge < -0.3 is 9.84 Å². The van der Waals surface area contributed by atoms with E-state index in [2.05, 4.69) is 6.92 Å². The molecule has 17 heavy (non-hydrogen) atoms. The highest BCUT2D eigenvalue weighted by atomic mass is 35.5. The van der Waals surface area contributed by atoms with Crippen molar-refractivity contribution < 1.29 is 9.84 Å². The fourth-order valence-electron chi connectivity index (χ4n) is 1.95. The molecule has 0 saturated carbocycles. The van der Waals surface area contributed by atoms with E-state index in [1.54, 1.807) is 0 Å². The van der Waals surface area contributed by atoms with Crippen molar-refractivity contribution in [2.75, 3.05) is 13.2 Å². The fourth-order valence-corrected chi connectivity index (χ4v) is 3.16. The van der Waals surface area contributed by atoms with Crippen LogP contribution in [0.4, 0.5) is 0 Å². The van der Waals surface area contributed by atoms with Gasteiger partial charge in [0.1, 0.15) is 5.75 Å². The smallest absolute Gasteiger partial charge is 0.126 e. The molecule has 0 aromatic heterocycles. The van der Waals surface area contributed by atoms with Crippen LogP contribution in [0, 0.1) is 0 Å². The zero-order valence-corrected chi connectivity index (χ0v) is 11.5. The molecule has 0 amide bonds. The van der Waals surface area contributed by atoms with Crippen molar-refractivity contribution in [1.82, 2.24) is 0 Å². The van der Waals surface area contributed by atoms with Crippen LogP contribution in [0.3, 0.4) is 0 Å². The number of hydrogen-bond donors (Lipinski definition) is 1. The Balaban J connectivity index is 2.05. The van der Waals surface area contributed by atoms with Gasteiger partial charge in [0, 0.05) is 34.6 Å². The normalized spacial score (nSPS) is 15.5. The predicted octanol–water partition coefficient (Wildman–Crippen LogP) is 3.28. The maximum atomic E-state index is 8.87. The highest BCUT2D eigenvalue weighted by Gasteiger charge is 2.18. The zero-order valence-electron chi connectivity index (χ0n) is 9.91. The Morgan fingerprint density at radius 1 is 1.53 bits per heavy atom. The maximum absolute atomic E-state index is 8.87. The molecule has 0 radical (unpaired) electrons. The van der Waals surface area contributed by atoms with E-state index in [0.717, 1.165) is 36.0 Å². The number of hydrogen-bond acceptors (Lipinski definition) is 3. The number of aliphatic hydroxyl groups is 1. The summed E-state index contributed by atoms with van der Waals surface area (Å²) in [4.78, 5) is 0. The van der Waals surface area contributed by atoms with Gasteiger partial charge in [-0.15, -0.1) is 0 Å². The second kappa shape index (κ2) is 5.98. The van der Waals surface area contributed by atoms with Crippen molar-refractivity contribution in [3.8, 4) is 5.75 Å². The second-order valence-corrected chi connectivity index (χ2v) is 6.15. The van der Waals surface area contributed by atoms with Crippen LogP contribution in [-0.2, 0) is 12.2 Å². The first kappa shape index (κ1) is 13.1. The molecule has 1 aliphatic rings. The molecule has 1 aromatic rings. The van der Waals surface area contributed by atoms with Crippen LogP contribution < -0.4 is 4.74 Å². The van der Waals surface area contributed by atoms with Crippen LogP contribution in [-0.4, -0.2) is 23.6 Å². The molecule has 4 heteroatoms. The van der Waals surface area contributed by atoms with Gasteiger partial charge in [-0.25, -0.2) is 0 Å². The molecule has 1 aliphatic heterocycles. The van der Waals surface area contributed by atoms with Gasteiger partial charge in [0.15, 0.2) is 0 Å². The summed E-state index contributed by atoms with van der Waals surface area (Å²) in [7, 11) is 0. The highest BCUT2D eigenvalue weighted by molar-refractivity contribution is 7.99. The third-order valence-corrected chi connectivity index (χ3v) is 4.38. The first-order valence-electron chi connectivity index (χ1n) is 5.87. The van der Waals surface area contributed by atoms with E-state index in [0.29, 0.717) is 5.25 Å². The average Bonchev–Trinajstić information content (AvgIpc) is 2.74. The van der Waals surface area contributed by atoms with Crippen molar-refractivity contribution in [1.29, 1.82) is 0 Å². The summed E-state index contributed by atoms with van der Waals surface area (Å²) in [5, 5.41) is 10.1. The molecule has 0 bridgehead atoms. The summed E-state index contributed by atoms with van der Waals surface area (Å²) in [6.07, 6.45) is 1.79. The maximum Gasteiger partial charge on any atom is 0.126 e. The summed E-state index contributed by atoms with van der Waals surface area (Å²) in [5.74, 6) is 1.92. The zero-order chi connectivity index (χ0) is 12.3. The second-order valence-electron chi connectivity index (χ2n) is 4.29.